The molecule has 0 atom stereocenters. The van der Waals surface area contributed by atoms with Crippen molar-refractivity contribution in [3.63, 3.8) is 0 Å². The van der Waals surface area contributed by atoms with E-state index in [4.69, 9.17) is 9.68 Å². The van der Waals surface area contributed by atoms with Crippen molar-refractivity contribution < 1.29 is 4.42 Å². The molecule has 0 aromatic carbocycles. The maximum atomic E-state index is 8.75. The van der Waals surface area contributed by atoms with Crippen LogP contribution in [0.1, 0.15) is 16.5 Å². The van der Waals surface area contributed by atoms with Gasteiger partial charge in [-0.15, -0.1) is 11.3 Å². The topological polar surface area (TPSA) is 74.2 Å². The fourth-order valence-electron chi connectivity index (χ4n) is 1.10. The number of thiophene rings is 1. The van der Waals surface area contributed by atoms with Gasteiger partial charge in [-0.3, -0.25) is 0 Å². The third-order valence-corrected chi connectivity index (χ3v) is 2.55. The summed E-state index contributed by atoms with van der Waals surface area (Å²) in [6.45, 7) is 1.68. The average Bonchev–Trinajstić information content (AvgIpc) is 2.88. The number of hydrogen-bond donors (Lipinski definition) is 1. The van der Waals surface area contributed by atoms with Gasteiger partial charge in [0.1, 0.15) is 6.07 Å². The monoisotopic (exact) mass is 232 g/mol. The molecule has 2 heterocycles. The maximum Gasteiger partial charge on any atom is 0.252 e. The van der Waals surface area contributed by atoms with E-state index in [1.165, 1.54) is 0 Å². The highest BCUT2D eigenvalue weighted by Crippen LogP contribution is 2.15. The van der Waals surface area contributed by atoms with Crippen molar-refractivity contribution >= 4 is 23.4 Å². The summed E-state index contributed by atoms with van der Waals surface area (Å²) in [5, 5.41) is 14.7. The number of hydrogen-bond acceptors (Lipinski definition) is 6. The minimum Gasteiger partial charge on any atom is -0.422 e. The molecule has 0 aliphatic carbocycles. The summed E-state index contributed by atoms with van der Waals surface area (Å²) < 4.78 is 5.17. The largest absolute Gasteiger partial charge is 0.422 e. The number of hydrazone groups is 1. The van der Waals surface area contributed by atoms with Gasteiger partial charge in [-0.25, -0.2) is 10.4 Å². The van der Waals surface area contributed by atoms with Crippen molar-refractivity contribution in [3.05, 3.63) is 34.0 Å². The lowest BCUT2D eigenvalue weighted by molar-refractivity contribution is 0.533. The molecular weight excluding hydrogens is 224 g/mol. The van der Waals surface area contributed by atoms with E-state index in [0.29, 0.717) is 5.89 Å². The minimum atomic E-state index is 0.209. The molecule has 1 N–H and O–H groups in total. The maximum absolute atomic E-state index is 8.75. The van der Waals surface area contributed by atoms with Gasteiger partial charge in [0.05, 0.1) is 6.21 Å². The van der Waals surface area contributed by atoms with Gasteiger partial charge in [-0.2, -0.15) is 10.4 Å². The molecule has 0 amide bonds. The van der Waals surface area contributed by atoms with Crippen LogP contribution in [0, 0.1) is 18.3 Å². The van der Waals surface area contributed by atoms with Crippen LogP contribution in [-0.4, -0.2) is 11.2 Å². The lowest BCUT2D eigenvalue weighted by Gasteiger charge is -1.92. The molecule has 0 fully saturated rings. The number of aryl methyl sites for hydroxylation is 1. The zero-order valence-corrected chi connectivity index (χ0v) is 9.28. The summed E-state index contributed by atoms with van der Waals surface area (Å²) in [6.07, 6.45) is 1.66. The molecule has 5 nitrogen and oxygen atoms in total. The Balaban J connectivity index is 2.08. The van der Waals surface area contributed by atoms with Gasteiger partial charge in [0.25, 0.3) is 5.88 Å². The first-order valence-corrected chi connectivity index (χ1v) is 5.37. The van der Waals surface area contributed by atoms with E-state index in [1.54, 1.807) is 24.5 Å². The smallest absolute Gasteiger partial charge is 0.252 e. The highest BCUT2D eigenvalue weighted by atomic mass is 32.1. The van der Waals surface area contributed by atoms with Crippen molar-refractivity contribution in [3.8, 4) is 6.07 Å². The Hall–Kier alpha value is -2.13. The normalized spacial score (nSPS) is 10.5. The first-order chi connectivity index (χ1) is 7.79. The van der Waals surface area contributed by atoms with E-state index < -0.39 is 0 Å². The van der Waals surface area contributed by atoms with Crippen molar-refractivity contribution in [2.24, 2.45) is 5.10 Å². The predicted octanol–water partition coefficient (Wildman–Crippen LogP) is 2.36. The van der Waals surface area contributed by atoms with Crippen LogP contribution in [0.5, 0.6) is 0 Å². The van der Waals surface area contributed by atoms with Crippen LogP contribution in [0.2, 0.25) is 0 Å². The summed E-state index contributed by atoms with van der Waals surface area (Å²) in [5.41, 5.74) is 2.86. The molecule has 6 heteroatoms. The molecule has 16 heavy (non-hydrogen) atoms. The molecule has 0 spiro atoms. The van der Waals surface area contributed by atoms with E-state index >= 15 is 0 Å². The Morgan fingerprint density at radius 3 is 3.25 bits per heavy atom. The van der Waals surface area contributed by atoms with Crippen LogP contribution in [0.4, 0.5) is 5.88 Å². The van der Waals surface area contributed by atoms with Crippen molar-refractivity contribution in [2.75, 3.05) is 5.43 Å². The van der Waals surface area contributed by atoms with E-state index in [-0.39, 0.29) is 11.6 Å². The number of rotatable bonds is 3. The lowest BCUT2D eigenvalue weighted by atomic mass is 10.5. The predicted molar refractivity (Wildman–Crippen MR) is 61.5 cm³/mol. The Kier molecular flexibility index (Phi) is 2.98. The molecular formula is C10H8N4OS. The van der Waals surface area contributed by atoms with E-state index in [9.17, 15) is 0 Å². The molecule has 2 aromatic rings. The highest BCUT2D eigenvalue weighted by molar-refractivity contribution is 7.11. The second-order valence-corrected chi connectivity index (χ2v) is 3.89. The van der Waals surface area contributed by atoms with Crippen LogP contribution in [0.3, 0.4) is 0 Å². The summed E-state index contributed by atoms with van der Waals surface area (Å²) in [4.78, 5) is 4.90. The van der Waals surface area contributed by atoms with Crippen LogP contribution in [0.15, 0.2) is 27.0 Å². The first kappa shape index (κ1) is 10.4. The molecule has 0 unspecified atom stereocenters. The van der Waals surface area contributed by atoms with E-state index in [1.807, 2.05) is 23.6 Å². The van der Waals surface area contributed by atoms with Crippen molar-refractivity contribution in [1.29, 1.82) is 5.26 Å². The van der Waals surface area contributed by atoms with Crippen molar-refractivity contribution in [1.82, 2.24) is 4.98 Å². The molecule has 0 aliphatic heterocycles. The van der Waals surface area contributed by atoms with E-state index in [0.717, 1.165) is 4.88 Å². The summed E-state index contributed by atoms with van der Waals surface area (Å²) in [7, 11) is 0. The number of anilines is 1. The Labute approximate surface area is 96.0 Å². The van der Waals surface area contributed by atoms with Gasteiger partial charge >= 0.3 is 0 Å². The Morgan fingerprint density at radius 2 is 2.56 bits per heavy atom. The number of oxazole rings is 1. The second kappa shape index (κ2) is 4.59. The molecule has 0 aliphatic rings. The Bertz CT molecular complexity index is 536. The fraction of sp³-hybridized carbons (Fsp3) is 0.100. The standard InChI is InChI=1S/C10H8N4OS/c1-7-13-9(5-11)10(15-7)14-12-6-8-3-2-4-16-8/h2-4,6,14H,1H3. The number of aromatic nitrogens is 1. The lowest BCUT2D eigenvalue weighted by Crippen LogP contribution is -1.90. The second-order valence-electron chi connectivity index (χ2n) is 2.91. The summed E-state index contributed by atoms with van der Waals surface area (Å²) in [5.74, 6) is 0.707. The van der Waals surface area contributed by atoms with Gasteiger partial charge in [0.15, 0.2) is 5.89 Å². The molecule has 0 radical (unpaired) electrons. The molecule has 0 bridgehead atoms. The summed E-state index contributed by atoms with van der Waals surface area (Å²) in [6, 6.07) is 5.79. The van der Waals surface area contributed by atoms with Gasteiger partial charge in [0.2, 0.25) is 5.69 Å². The highest BCUT2D eigenvalue weighted by Gasteiger charge is 2.08. The summed E-state index contributed by atoms with van der Waals surface area (Å²) >= 11 is 1.57. The molecule has 80 valence electrons. The van der Waals surface area contributed by atoms with Crippen LogP contribution in [0.25, 0.3) is 0 Å². The van der Waals surface area contributed by atoms with Crippen LogP contribution >= 0.6 is 11.3 Å². The molecule has 2 aromatic heterocycles. The zero-order chi connectivity index (χ0) is 11.4. The number of nitrogens with one attached hydrogen (secondary N) is 1. The fourth-order valence-corrected chi connectivity index (χ4v) is 1.68. The van der Waals surface area contributed by atoms with Crippen LogP contribution < -0.4 is 5.43 Å². The van der Waals surface area contributed by atoms with Gasteiger partial charge in [-0.1, -0.05) is 6.07 Å². The SMILES string of the molecule is Cc1nc(C#N)c(NN=Cc2cccs2)o1. The van der Waals surface area contributed by atoms with Crippen molar-refractivity contribution in [2.45, 2.75) is 6.92 Å². The van der Waals surface area contributed by atoms with E-state index in [2.05, 4.69) is 15.5 Å². The average molecular weight is 232 g/mol. The quantitative estimate of drug-likeness (QED) is 0.651. The molecule has 2 rings (SSSR count). The first-order valence-electron chi connectivity index (χ1n) is 4.49. The Morgan fingerprint density at radius 1 is 1.69 bits per heavy atom. The number of nitrogens with zero attached hydrogens (tertiary/aromatic N) is 3. The third-order valence-electron chi connectivity index (χ3n) is 1.74. The van der Waals surface area contributed by atoms with Gasteiger partial charge < -0.3 is 4.42 Å². The van der Waals surface area contributed by atoms with Gasteiger partial charge in [0, 0.05) is 11.8 Å². The number of nitriles is 1. The third kappa shape index (κ3) is 2.27. The zero-order valence-electron chi connectivity index (χ0n) is 8.47. The molecule has 0 saturated heterocycles. The minimum absolute atomic E-state index is 0.209. The van der Waals surface area contributed by atoms with Crippen LogP contribution in [-0.2, 0) is 0 Å². The molecule has 0 saturated carbocycles. The van der Waals surface area contributed by atoms with Gasteiger partial charge in [-0.05, 0) is 11.4 Å².